The van der Waals surface area contributed by atoms with Gasteiger partial charge in [0.05, 0.1) is 17.2 Å². The highest BCUT2D eigenvalue weighted by molar-refractivity contribution is 5.95. The van der Waals surface area contributed by atoms with Crippen molar-refractivity contribution < 1.29 is 14.6 Å². The summed E-state index contributed by atoms with van der Waals surface area (Å²) in [5.41, 5.74) is 3.22. The van der Waals surface area contributed by atoms with E-state index in [1.807, 2.05) is 0 Å². The zero-order chi connectivity index (χ0) is 18.6. The molecule has 1 amide bonds. The Labute approximate surface area is 140 Å². The first-order valence-electron chi connectivity index (χ1n) is 6.90. The Bertz CT molecular complexity index is 873. The molecule has 0 aliphatic rings. The molecule has 1 N–H and O–H groups in total. The summed E-state index contributed by atoms with van der Waals surface area (Å²) < 4.78 is 1.21. The van der Waals surface area contributed by atoms with Crippen LogP contribution in [-0.4, -0.2) is 36.2 Å². The summed E-state index contributed by atoms with van der Waals surface area (Å²) in [5.74, 6) is -1.07. The minimum atomic E-state index is -0.721. The Morgan fingerprint density at radius 3 is 2.60 bits per heavy atom. The molecule has 0 unspecified atom stereocenters. The van der Waals surface area contributed by atoms with E-state index < -0.39 is 21.7 Å². The number of hydrogen-bond donors (Lipinski definition) is 1. The predicted octanol–water partition coefficient (Wildman–Crippen LogP) is 1.21. The Hall–Kier alpha value is -3.70. The van der Waals surface area contributed by atoms with Crippen molar-refractivity contribution in [3.63, 3.8) is 0 Å². The molecule has 2 aromatic rings. The molecule has 0 aliphatic heterocycles. The van der Waals surface area contributed by atoms with Crippen LogP contribution in [0.1, 0.15) is 22.8 Å². The summed E-state index contributed by atoms with van der Waals surface area (Å²) in [6.07, 6.45) is 1.18. The lowest BCUT2D eigenvalue weighted by molar-refractivity contribution is -0.394. The molecule has 0 aliphatic carbocycles. The number of rotatable bonds is 6. The molecule has 0 spiro atoms. The molecule has 12 nitrogen and oxygen atoms in total. The molecule has 2 rings (SSSR count). The molecule has 1 aromatic heterocycles. The van der Waals surface area contributed by atoms with Crippen molar-refractivity contribution in [1.82, 2.24) is 20.2 Å². The standard InChI is InChI=1S/C13H13N7O5/c1-8-5-10(3-4-11(8)19(22)23)12(21)16-15-9(2)6-18-7-14-13(17-18)20(24)25/h3-5,7H,6H2,1-2H3,(H,16,21)/b15-9-. The first-order valence-corrected chi connectivity index (χ1v) is 6.90. The van der Waals surface area contributed by atoms with Gasteiger partial charge >= 0.3 is 5.95 Å². The molecule has 0 saturated carbocycles. The second kappa shape index (κ2) is 7.25. The number of hydrogen-bond acceptors (Lipinski definition) is 8. The van der Waals surface area contributed by atoms with Crippen LogP contribution in [0, 0.1) is 27.2 Å². The van der Waals surface area contributed by atoms with Crippen molar-refractivity contribution >= 4 is 23.3 Å². The van der Waals surface area contributed by atoms with Crippen molar-refractivity contribution in [3.8, 4) is 0 Å². The molecule has 0 radical (unpaired) electrons. The van der Waals surface area contributed by atoms with E-state index in [0.29, 0.717) is 11.3 Å². The van der Waals surface area contributed by atoms with E-state index in [4.69, 9.17) is 0 Å². The van der Waals surface area contributed by atoms with Gasteiger partial charge in [0.2, 0.25) is 6.33 Å². The third-order valence-electron chi connectivity index (χ3n) is 3.08. The Morgan fingerprint density at radius 2 is 2.04 bits per heavy atom. The van der Waals surface area contributed by atoms with E-state index in [-0.39, 0.29) is 17.8 Å². The first-order chi connectivity index (χ1) is 11.8. The van der Waals surface area contributed by atoms with Crippen LogP contribution in [0.4, 0.5) is 11.6 Å². The number of benzene rings is 1. The van der Waals surface area contributed by atoms with Gasteiger partial charge < -0.3 is 10.1 Å². The maximum atomic E-state index is 12.0. The average molecular weight is 347 g/mol. The van der Waals surface area contributed by atoms with Gasteiger partial charge in [-0.3, -0.25) is 14.9 Å². The van der Waals surface area contributed by atoms with Crippen LogP contribution >= 0.6 is 0 Å². The second-order valence-corrected chi connectivity index (χ2v) is 5.05. The molecule has 1 aromatic carbocycles. The predicted molar refractivity (Wildman–Crippen MR) is 85.1 cm³/mol. The van der Waals surface area contributed by atoms with Crippen LogP contribution < -0.4 is 5.43 Å². The fourth-order valence-corrected chi connectivity index (χ4v) is 1.93. The minimum absolute atomic E-state index is 0.0796. The fourth-order valence-electron chi connectivity index (χ4n) is 1.93. The van der Waals surface area contributed by atoms with Gasteiger partial charge in [0.15, 0.2) is 0 Å². The molecule has 0 fully saturated rings. The monoisotopic (exact) mass is 347 g/mol. The smallest absolute Gasteiger partial charge is 0.390 e. The van der Waals surface area contributed by atoms with Gasteiger partial charge in [0.25, 0.3) is 11.6 Å². The molecule has 0 saturated heterocycles. The molecular weight excluding hydrogens is 334 g/mol. The summed E-state index contributed by atoms with van der Waals surface area (Å²) in [7, 11) is 0. The van der Waals surface area contributed by atoms with E-state index in [2.05, 4.69) is 20.6 Å². The zero-order valence-corrected chi connectivity index (χ0v) is 13.2. The summed E-state index contributed by atoms with van der Waals surface area (Å²) in [6.45, 7) is 3.22. The molecular formula is C13H13N7O5. The van der Waals surface area contributed by atoms with E-state index in [1.54, 1.807) is 6.92 Å². The Balaban J connectivity index is 2.02. The van der Waals surface area contributed by atoms with Crippen LogP contribution in [0.2, 0.25) is 0 Å². The number of nitro groups is 2. The number of aryl methyl sites for hydroxylation is 1. The van der Waals surface area contributed by atoms with Crippen LogP contribution in [0.15, 0.2) is 29.6 Å². The molecule has 0 bridgehead atoms. The Kier molecular flexibility index (Phi) is 5.12. The van der Waals surface area contributed by atoms with E-state index in [0.717, 1.165) is 0 Å². The fraction of sp³-hybridized carbons (Fsp3) is 0.231. The lowest BCUT2D eigenvalue weighted by Crippen LogP contribution is -2.21. The molecule has 0 atom stereocenters. The highest BCUT2D eigenvalue weighted by atomic mass is 16.6. The number of amides is 1. The number of nitrogens with zero attached hydrogens (tertiary/aromatic N) is 6. The largest absolute Gasteiger partial charge is 0.490 e. The van der Waals surface area contributed by atoms with Crippen molar-refractivity contribution in [1.29, 1.82) is 0 Å². The van der Waals surface area contributed by atoms with Gasteiger partial charge in [-0.25, -0.2) is 5.43 Å². The summed E-state index contributed by atoms with van der Waals surface area (Å²) >= 11 is 0. The van der Waals surface area contributed by atoms with Gasteiger partial charge in [-0.1, -0.05) is 4.98 Å². The second-order valence-electron chi connectivity index (χ2n) is 5.05. The maximum Gasteiger partial charge on any atom is 0.490 e. The normalized spacial score (nSPS) is 11.2. The van der Waals surface area contributed by atoms with Crippen LogP contribution in [0.25, 0.3) is 0 Å². The lowest BCUT2D eigenvalue weighted by atomic mass is 10.1. The summed E-state index contributed by atoms with van der Waals surface area (Å²) in [6, 6.07) is 3.96. The highest BCUT2D eigenvalue weighted by Gasteiger charge is 2.15. The SMILES string of the molecule is C/C(Cn1cnc([N+](=O)[O-])n1)=N/NC(=O)c1ccc([N+](=O)[O-])c(C)c1. The summed E-state index contributed by atoms with van der Waals surface area (Å²) in [5, 5.41) is 28.8. The van der Waals surface area contributed by atoms with Crippen LogP contribution in [-0.2, 0) is 6.54 Å². The minimum Gasteiger partial charge on any atom is -0.390 e. The summed E-state index contributed by atoms with van der Waals surface area (Å²) in [4.78, 5) is 35.5. The lowest BCUT2D eigenvalue weighted by Gasteiger charge is -2.03. The zero-order valence-electron chi connectivity index (χ0n) is 13.2. The van der Waals surface area contributed by atoms with Crippen molar-refractivity contribution in [3.05, 3.63) is 55.9 Å². The maximum absolute atomic E-state index is 12.0. The number of carbonyl (C=O) groups is 1. The number of nitrogens with one attached hydrogen (secondary N) is 1. The van der Waals surface area contributed by atoms with E-state index in [1.165, 1.54) is 36.1 Å². The first kappa shape index (κ1) is 17.7. The van der Waals surface area contributed by atoms with Crippen LogP contribution in [0.5, 0.6) is 0 Å². The van der Waals surface area contributed by atoms with Gasteiger partial charge in [-0.05, 0) is 30.9 Å². The third kappa shape index (κ3) is 4.40. The van der Waals surface area contributed by atoms with Crippen molar-refractivity contribution in [2.24, 2.45) is 5.10 Å². The highest BCUT2D eigenvalue weighted by Crippen LogP contribution is 2.18. The molecule has 130 valence electrons. The number of nitro benzene ring substituents is 1. The quantitative estimate of drug-likeness (QED) is 0.467. The van der Waals surface area contributed by atoms with Gasteiger partial charge in [-0.2, -0.15) is 9.78 Å². The van der Waals surface area contributed by atoms with Gasteiger partial charge in [0, 0.05) is 22.3 Å². The number of carbonyl (C=O) groups excluding carboxylic acids is 1. The molecule has 1 heterocycles. The van der Waals surface area contributed by atoms with Crippen molar-refractivity contribution in [2.75, 3.05) is 0 Å². The topological polar surface area (TPSA) is 158 Å². The van der Waals surface area contributed by atoms with E-state index in [9.17, 15) is 25.0 Å². The molecule has 12 heteroatoms. The van der Waals surface area contributed by atoms with Gasteiger partial charge in [0.1, 0.15) is 0 Å². The number of aromatic nitrogens is 3. The van der Waals surface area contributed by atoms with Gasteiger partial charge in [-0.15, -0.1) is 0 Å². The molecule has 25 heavy (non-hydrogen) atoms. The number of hydrazone groups is 1. The Morgan fingerprint density at radius 1 is 1.32 bits per heavy atom. The van der Waals surface area contributed by atoms with E-state index >= 15 is 0 Å². The third-order valence-corrected chi connectivity index (χ3v) is 3.08. The average Bonchev–Trinajstić information content (AvgIpc) is 3.00. The van der Waals surface area contributed by atoms with Crippen molar-refractivity contribution in [2.45, 2.75) is 20.4 Å². The van der Waals surface area contributed by atoms with Crippen LogP contribution in [0.3, 0.4) is 0 Å².